The van der Waals surface area contributed by atoms with Crippen molar-refractivity contribution >= 4 is 17.5 Å². The van der Waals surface area contributed by atoms with Crippen LogP contribution in [0.4, 0.5) is 5.69 Å². The number of benzene rings is 2. The minimum Gasteiger partial charge on any atom is -0.467 e. The molecule has 126 valence electrons. The molecule has 1 aromatic heterocycles. The first kappa shape index (κ1) is 16.5. The van der Waals surface area contributed by atoms with Gasteiger partial charge >= 0.3 is 0 Å². The topological polar surface area (TPSA) is 71.3 Å². The van der Waals surface area contributed by atoms with E-state index in [-0.39, 0.29) is 17.9 Å². The molecule has 25 heavy (non-hydrogen) atoms. The van der Waals surface area contributed by atoms with Crippen molar-refractivity contribution in [2.45, 2.75) is 13.0 Å². The van der Waals surface area contributed by atoms with Crippen LogP contribution < -0.4 is 10.6 Å². The molecule has 0 radical (unpaired) electrons. The Morgan fingerprint density at radius 1 is 0.920 bits per heavy atom. The zero-order chi connectivity index (χ0) is 17.6. The van der Waals surface area contributed by atoms with Gasteiger partial charge in [-0.2, -0.15) is 0 Å². The molecule has 0 bridgehead atoms. The van der Waals surface area contributed by atoms with Crippen LogP contribution in [0, 0.1) is 0 Å². The molecule has 1 atom stereocenters. The first-order valence-electron chi connectivity index (χ1n) is 7.90. The normalized spacial score (nSPS) is 11.6. The molecule has 5 heteroatoms. The number of nitrogens with one attached hydrogen (secondary N) is 2. The molecule has 2 aromatic carbocycles. The Kier molecular flexibility index (Phi) is 4.95. The maximum absolute atomic E-state index is 12.6. The van der Waals surface area contributed by atoms with E-state index in [0.717, 1.165) is 5.56 Å². The van der Waals surface area contributed by atoms with Crippen LogP contribution >= 0.6 is 0 Å². The van der Waals surface area contributed by atoms with E-state index in [1.165, 1.54) is 6.92 Å². The molecule has 2 amide bonds. The number of rotatable bonds is 5. The zero-order valence-corrected chi connectivity index (χ0v) is 13.7. The summed E-state index contributed by atoms with van der Waals surface area (Å²) in [7, 11) is 0. The third-order valence-electron chi connectivity index (χ3n) is 3.70. The summed E-state index contributed by atoms with van der Waals surface area (Å²) >= 11 is 0. The van der Waals surface area contributed by atoms with Gasteiger partial charge in [-0.15, -0.1) is 0 Å². The van der Waals surface area contributed by atoms with Crippen molar-refractivity contribution in [3.8, 4) is 0 Å². The third kappa shape index (κ3) is 4.14. The first-order chi connectivity index (χ1) is 12.1. The van der Waals surface area contributed by atoms with E-state index >= 15 is 0 Å². The van der Waals surface area contributed by atoms with Gasteiger partial charge in [0, 0.05) is 18.2 Å². The molecule has 0 saturated heterocycles. The van der Waals surface area contributed by atoms with E-state index in [0.29, 0.717) is 17.0 Å². The van der Waals surface area contributed by atoms with E-state index in [1.54, 1.807) is 36.6 Å². The smallest absolute Gasteiger partial charge is 0.252 e. The maximum atomic E-state index is 12.6. The lowest BCUT2D eigenvalue weighted by molar-refractivity contribution is -0.114. The van der Waals surface area contributed by atoms with Crippen LogP contribution in [0.2, 0.25) is 0 Å². The second-order valence-corrected chi connectivity index (χ2v) is 5.59. The molecule has 1 heterocycles. The van der Waals surface area contributed by atoms with Crippen molar-refractivity contribution < 1.29 is 14.0 Å². The summed E-state index contributed by atoms with van der Waals surface area (Å²) < 4.78 is 5.49. The van der Waals surface area contributed by atoms with E-state index < -0.39 is 0 Å². The molecule has 3 aromatic rings. The Balaban J connectivity index is 1.80. The third-order valence-corrected chi connectivity index (χ3v) is 3.70. The van der Waals surface area contributed by atoms with Crippen LogP contribution in [0.1, 0.15) is 34.6 Å². The van der Waals surface area contributed by atoms with E-state index in [9.17, 15) is 9.59 Å². The SMILES string of the molecule is CC(=O)Nc1ccc(C(=O)NC(c2ccccc2)c2ccco2)cc1. The summed E-state index contributed by atoms with van der Waals surface area (Å²) in [5.41, 5.74) is 2.08. The highest BCUT2D eigenvalue weighted by Gasteiger charge is 2.20. The molecule has 0 saturated carbocycles. The Morgan fingerprint density at radius 2 is 1.64 bits per heavy atom. The molecule has 3 rings (SSSR count). The van der Waals surface area contributed by atoms with Gasteiger partial charge < -0.3 is 15.1 Å². The molecular formula is C20H18N2O3. The monoisotopic (exact) mass is 334 g/mol. The van der Waals surface area contributed by atoms with Crippen molar-refractivity contribution in [2.24, 2.45) is 0 Å². The predicted molar refractivity (Wildman–Crippen MR) is 95.2 cm³/mol. The van der Waals surface area contributed by atoms with Gasteiger partial charge in [0.25, 0.3) is 5.91 Å². The minimum absolute atomic E-state index is 0.154. The van der Waals surface area contributed by atoms with Gasteiger partial charge in [-0.25, -0.2) is 0 Å². The van der Waals surface area contributed by atoms with Crippen LogP contribution in [0.25, 0.3) is 0 Å². The highest BCUT2D eigenvalue weighted by atomic mass is 16.3. The number of anilines is 1. The molecular weight excluding hydrogens is 316 g/mol. The van der Waals surface area contributed by atoms with E-state index in [1.807, 2.05) is 36.4 Å². The van der Waals surface area contributed by atoms with Gasteiger partial charge in [0.05, 0.1) is 6.26 Å². The lowest BCUT2D eigenvalue weighted by Gasteiger charge is -2.17. The Hall–Kier alpha value is -3.34. The fraction of sp³-hybridized carbons (Fsp3) is 0.100. The molecule has 0 fully saturated rings. The fourth-order valence-corrected chi connectivity index (χ4v) is 2.54. The molecule has 0 aliphatic rings. The summed E-state index contributed by atoms with van der Waals surface area (Å²) in [6, 6.07) is 19.6. The minimum atomic E-state index is -0.376. The standard InChI is InChI=1S/C20H18N2O3/c1-14(23)21-17-11-9-16(10-12-17)20(24)22-19(18-8-5-13-25-18)15-6-3-2-4-7-15/h2-13,19H,1H3,(H,21,23)(H,22,24). The highest BCUT2D eigenvalue weighted by molar-refractivity contribution is 5.95. The van der Waals surface area contributed by atoms with Gasteiger partial charge in [-0.1, -0.05) is 30.3 Å². The Bertz CT molecular complexity index is 840. The zero-order valence-electron chi connectivity index (χ0n) is 13.7. The molecule has 2 N–H and O–H groups in total. The second kappa shape index (κ2) is 7.49. The van der Waals surface area contributed by atoms with Crippen molar-refractivity contribution in [3.63, 3.8) is 0 Å². The van der Waals surface area contributed by atoms with Crippen LogP contribution in [-0.4, -0.2) is 11.8 Å². The highest BCUT2D eigenvalue weighted by Crippen LogP contribution is 2.23. The lowest BCUT2D eigenvalue weighted by atomic mass is 10.0. The van der Waals surface area contributed by atoms with Crippen molar-refractivity contribution in [1.82, 2.24) is 5.32 Å². The largest absolute Gasteiger partial charge is 0.467 e. The van der Waals surface area contributed by atoms with Gasteiger partial charge in [0.1, 0.15) is 11.8 Å². The predicted octanol–water partition coefficient (Wildman–Crippen LogP) is 3.76. The number of hydrogen-bond acceptors (Lipinski definition) is 3. The van der Waals surface area contributed by atoms with Crippen LogP contribution in [0.5, 0.6) is 0 Å². The second-order valence-electron chi connectivity index (χ2n) is 5.59. The summed E-state index contributed by atoms with van der Waals surface area (Å²) in [6.07, 6.45) is 1.58. The average Bonchev–Trinajstić information content (AvgIpc) is 3.14. The van der Waals surface area contributed by atoms with E-state index in [2.05, 4.69) is 10.6 Å². The van der Waals surface area contributed by atoms with Crippen molar-refractivity contribution in [3.05, 3.63) is 89.9 Å². The number of furan rings is 1. The van der Waals surface area contributed by atoms with Crippen LogP contribution in [-0.2, 0) is 4.79 Å². The van der Waals surface area contributed by atoms with Gasteiger partial charge in [-0.05, 0) is 42.0 Å². The van der Waals surface area contributed by atoms with Crippen LogP contribution in [0.15, 0.2) is 77.4 Å². The quantitative estimate of drug-likeness (QED) is 0.746. The van der Waals surface area contributed by atoms with Crippen molar-refractivity contribution in [1.29, 1.82) is 0 Å². The average molecular weight is 334 g/mol. The summed E-state index contributed by atoms with van der Waals surface area (Å²) in [5.74, 6) is 0.285. The van der Waals surface area contributed by atoms with Crippen molar-refractivity contribution in [2.75, 3.05) is 5.32 Å². The van der Waals surface area contributed by atoms with Crippen LogP contribution in [0.3, 0.4) is 0 Å². The maximum Gasteiger partial charge on any atom is 0.252 e. The van der Waals surface area contributed by atoms with Gasteiger partial charge in [0.2, 0.25) is 5.91 Å². The summed E-state index contributed by atoms with van der Waals surface area (Å²) in [4.78, 5) is 23.7. The number of amides is 2. The van der Waals surface area contributed by atoms with Gasteiger partial charge in [0.15, 0.2) is 0 Å². The number of carbonyl (C=O) groups excluding carboxylic acids is 2. The number of hydrogen-bond donors (Lipinski definition) is 2. The molecule has 5 nitrogen and oxygen atoms in total. The number of carbonyl (C=O) groups is 2. The molecule has 0 aliphatic heterocycles. The lowest BCUT2D eigenvalue weighted by Crippen LogP contribution is -2.29. The van der Waals surface area contributed by atoms with E-state index in [4.69, 9.17) is 4.42 Å². The summed E-state index contributed by atoms with van der Waals surface area (Å²) in [5, 5.41) is 5.67. The molecule has 1 unspecified atom stereocenters. The molecule has 0 spiro atoms. The first-order valence-corrected chi connectivity index (χ1v) is 7.90. The molecule has 0 aliphatic carbocycles. The van der Waals surface area contributed by atoms with Gasteiger partial charge in [-0.3, -0.25) is 9.59 Å². The Morgan fingerprint density at radius 3 is 2.24 bits per heavy atom. The summed E-state index contributed by atoms with van der Waals surface area (Å²) in [6.45, 7) is 1.44. The fourth-order valence-electron chi connectivity index (χ4n) is 2.54. The Labute approximate surface area is 145 Å².